The number of rotatable bonds is 7. The van der Waals surface area contributed by atoms with E-state index in [0.29, 0.717) is 22.3 Å². The molecule has 5 nitrogen and oxygen atoms in total. The Labute approximate surface area is 160 Å². The molecule has 1 aromatic carbocycles. The number of hydrogen-bond acceptors (Lipinski definition) is 4. The Balaban J connectivity index is 2.10. The van der Waals surface area contributed by atoms with E-state index in [1.165, 1.54) is 0 Å². The maximum atomic E-state index is 12.6. The van der Waals surface area contributed by atoms with E-state index >= 15 is 0 Å². The van der Waals surface area contributed by atoms with E-state index in [-0.39, 0.29) is 11.8 Å². The zero-order chi connectivity index (χ0) is 18.2. The van der Waals surface area contributed by atoms with Crippen LogP contribution in [0.3, 0.4) is 0 Å². The third-order valence-corrected chi connectivity index (χ3v) is 4.85. The number of aromatic nitrogens is 1. The van der Waals surface area contributed by atoms with Crippen LogP contribution in [0.25, 0.3) is 0 Å². The molecule has 1 aromatic heterocycles. The number of anilines is 1. The highest BCUT2D eigenvalue weighted by atomic mass is 79.9. The smallest absolute Gasteiger partial charge is 0.253 e. The molecule has 0 unspecified atom stereocenters. The Morgan fingerprint density at radius 1 is 1.28 bits per heavy atom. The molecule has 1 atom stereocenters. The van der Waals surface area contributed by atoms with Gasteiger partial charge in [-0.3, -0.25) is 9.59 Å². The SMILES string of the molecule is CSCC[C@@H](NC(=O)c1ccccc1Br)C(=O)Nc1cc(C)ccn1. The van der Waals surface area contributed by atoms with Crippen LogP contribution in [0.4, 0.5) is 5.82 Å². The molecule has 2 rings (SSSR count). The number of nitrogens with zero attached hydrogens (tertiary/aromatic N) is 1. The quantitative estimate of drug-likeness (QED) is 0.715. The van der Waals surface area contributed by atoms with Crippen LogP contribution in [0, 0.1) is 6.92 Å². The van der Waals surface area contributed by atoms with Gasteiger partial charge in [-0.25, -0.2) is 4.98 Å². The molecule has 0 aliphatic carbocycles. The highest BCUT2D eigenvalue weighted by Gasteiger charge is 2.22. The zero-order valence-electron chi connectivity index (χ0n) is 14.1. The van der Waals surface area contributed by atoms with Gasteiger partial charge < -0.3 is 10.6 Å². The number of benzene rings is 1. The molecule has 132 valence electrons. The van der Waals surface area contributed by atoms with Gasteiger partial charge in [0.15, 0.2) is 0 Å². The molecule has 0 radical (unpaired) electrons. The van der Waals surface area contributed by atoms with E-state index in [0.717, 1.165) is 11.3 Å². The summed E-state index contributed by atoms with van der Waals surface area (Å²) in [5.41, 5.74) is 1.50. The monoisotopic (exact) mass is 421 g/mol. The maximum Gasteiger partial charge on any atom is 0.253 e. The summed E-state index contributed by atoms with van der Waals surface area (Å²) in [6, 6.07) is 10.1. The van der Waals surface area contributed by atoms with Crippen molar-refractivity contribution in [1.82, 2.24) is 10.3 Å². The van der Waals surface area contributed by atoms with Gasteiger partial charge in [0, 0.05) is 10.7 Å². The van der Waals surface area contributed by atoms with Crippen molar-refractivity contribution in [1.29, 1.82) is 0 Å². The van der Waals surface area contributed by atoms with Gasteiger partial charge in [0.2, 0.25) is 5.91 Å². The van der Waals surface area contributed by atoms with Crippen molar-refractivity contribution in [2.75, 3.05) is 17.3 Å². The minimum absolute atomic E-state index is 0.271. The molecular formula is C18H20BrN3O2S. The Hall–Kier alpha value is -1.86. The topological polar surface area (TPSA) is 71.1 Å². The van der Waals surface area contributed by atoms with Gasteiger partial charge in [0.05, 0.1) is 5.56 Å². The summed E-state index contributed by atoms with van der Waals surface area (Å²) < 4.78 is 0.692. The minimum atomic E-state index is -0.630. The fraction of sp³-hybridized carbons (Fsp3) is 0.278. The fourth-order valence-electron chi connectivity index (χ4n) is 2.20. The summed E-state index contributed by atoms with van der Waals surface area (Å²) in [7, 11) is 0. The summed E-state index contributed by atoms with van der Waals surface area (Å²) in [4.78, 5) is 29.2. The van der Waals surface area contributed by atoms with E-state index < -0.39 is 6.04 Å². The summed E-state index contributed by atoms with van der Waals surface area (Å²) in [5.74, 6) is 0.683. The minimum Gasteiger partial charge on any atom is -0.340 e. The van der Waals surface area contributed by atoms with E-state index in [4.69, 9.17) is 0 Å². The average molecular weight is 422 g/mol. The van der Waals surface area contributed by atoms with E-state index in [1.54, 1.807) is 42.2 Å². The van der Waals surface area contributed by atoms with Crippen LogP contribution in [-0.2, 0) is 4.79 Å². The largest absolute Gasteiger partial charge is 0.340 e. The zero-order valence-corrected chi connectivity index (χ0v) is 16.5. The number of pyridine rings is 1. The molecule has 2 amide bonds. The Morgan fingerprint density at radius 2 is 2.04 bits per heavy atom. The molecule has 25 heavy (non-hydrogen) atoms. The van der Waals surface area contributed by atoms with E-state index in [1.807, 2.05) is 25.3 Å². The normalized spacial score (nSPS) is 11.6. The van der Waals surface area contributed by atoms with Gasteiger partial charge in [0.1, 0.15) is 11.9 Å². The summed E-state index contributed by atoms with van der Waals surface area (Å²) in [5, 5.41) is 5.60. The lowest BCUT2D eigenvalue weighted by molar-refractivity contribution is -0.118. The number of carbonyl (C=O) groups is 2. The van der Waals surface area contributed by atoms with Crippen LogP contribution < -0.4 is 10.6 Å². The predicted octanol–water partition coefficient (Wildman–Crippen LogP) is 3.64. The third kappa shape index (κ3) is 5.86. The second kappa shape index (κ2) is 9.58. The number of hydrogen-bond donors (Lipinski definition) is 2. The Kier molecular flexibility index (Phi) is 7.46. The molecule has 2 aromatic rings. The molecule has 0 bridgehead atoms. The van der Waals surface area contributed by atoms with Gasteiger partial charge in [-0.05, 0) is 71.1 Å². The van der Waals surface area contributed by atoms with Crippen LogP contribution in [0.15, 0.2) is 47.1 Å². The summed E-state index contributed by atoms with van der Waals surface area (Å²) in [6.45, 7) is 1.93. The lowest BCUT2D eigenvalue weighted by Gasteiger charge is -2.18. The standard InChI is InChI=1S/C18H20BrN3O2S/c1-12-7-9-20-16(11-12)22-18(24)15(8-10-25-2)21-17(23)13-5-3-4-6-14(13)19/h3-7,9,11,15H,8,10H2,1-2H3,(H,21,23)(H,20,22,24)/t15-/m1/s1. The van der Waals surface area contributed by atoms with Gasteiger partial charge in [-0.1, -0.05) is 12.1 Å². The first-order valence-corrected chi connectivity index (χ1v) is 9.98. The van der Waals surface area contributed by atoms with Gasteiger partial charge in [0.25, 0.3) is 5.91 Å². The molecule has 0 spiro atoms. The van der Waals surface area contributed by atoms with Gasteiger partial charge in [-0.2, -0.15) is 11.8 Å². The number of amides is 2. The predicted molar refractivity (Wildman–Crippen MR) is 106 cm³/mol. The Bertz CT molecular complexity index is 755. The van der Waals surface area contributed by atoms with Crippen LogP contribution in [0.5, 0.6) is 0 Å². The summed E-state index contributed by atoms with van der Waals surface area (Å²) >= 11 is 4.99. The first-order valence-electron chi connectivity index (χ1n) is 7.79. The molecule has 0 aliphatic rings. The third-order valence-electron chi connectivity index (χ3n) is 3.52. The van der Waals surface area contributed by atoms with Crippen molar-refractivity contribution < 1.29 is 9.59 Å². The average Bonchev–Trinajstić information content (AvgIpc) is 2.58. The molecule has 0 saturated heterocycles. The van der Waals surface area contributed by atoms with Crippen LogP contribution in [0.2, 0.25) is 0 Å². The molecule has 0 saturated carbocycles. The second-order valence-corrected chi connectivity index (χ2v) is 7.33. The molecule has 7 heteroatoms. The van der Waals surface area contributed by atoms with Crippen molar-refractivity contribution in [2.45, 2.75) is 19.4 Å². The highest BCUT2D eigenvalue weighted by Crippen LogP contribution is 2.16. The first-order chi connectivity index (χ1) is 12.0. The van der Waals surface area contributed by atoms with Crippen LogP contribution in [0.1, 0.15) is 22.3 Å². The lowest BCUT2D eigenvalue weighted by Crippen LogP contribution is -2.44. The lowest BCUT2D eigenvalue weighted by atomic mass is 10.1. The van der Waals surface area contributed by atoms with Crippen molar-refractivity contribution in [2.24, 2.45) is 0 Å². The van der Waals surface area contributed by atoms with Gasteiger partial charge >= 0.3 is 0 Å². The second-order valence-electron chi connectivity index (χ2n) is 5.50. The number of thioether (sulfide) groups is 1. The number of carbonyl (C=O) groups excluding carboxylic acids is 2. The van der Waals surface area contributed by atoms with Crippen molar-refractivity contribution in [3.63, 3.8) is 0 Å². The number of nitrogens with one attached hydrogen (secondary N) is 2. The summed E-state index contributed by atoms with van der Waals surface area (Å²) in [6.07, 6.45) is 4.14. The van der Waals surface area contributed by atoms with E-state index in [9.17, 15) is 9.59 Å². The Morgan fingerprint density at radius 3 is 2.72 bits per heavy atom. The molecule has 0 fully saturated rings. The molecular weight excluding hydrogens is 402 g/mol. The molecule has 0 aliphatic heterocycles. The molecule has 2 N–H and O–H groups in total. The van der Waals surface area contributed by atoms with E-state index in [2.05, 4.69) is 31.5 Å². The maximum absolute atomic E-state index is 12.6. The van der Waals surface area contributed by atoms with Crippen molar-refractivity contribution >= 4 is 45.3 Å². The van der Waals surface area contributed by atoms with Crippen molar-refractivity contribution in [3.8, 4) is 0 Å². The number of aryl methyl sites for hydroxylation is 1. The number of halogens is 1. The van der Waals surface area contributed by atoms with Crippen molar-refractivity contribution in [3.05, 3.63) is 58.2 Å². The highest BCUT2D eigenvalue weighted by molar-refractivity contribution is 9.10. The first kappa shape index (κ1) is 19.5. The van der Waals surface area contributed by atoms with Gasteiger partial charge in [-0.15, -0.1) is 0 Å². The van der Waals surface area contributed by atoms with Crippen LogP contribution >= 0.6 is 27.7 Å². The van der Waals surface area contributed by atoms with Crippen LogP contribution in [-0.4, -0.2) is 34.8 Å². The fourth-order valence-corrected chi connectivity index (χ4v) is 3.14. The molecule has 1 heterocycles.